The number of carbonyl (C=O) groups excluding carboxylic acids is 1. The Kier molecular flexibility index (Phi) is 11.8. The quantitative estimate of drug-likeness (QED) is 0.131. The molecule has 0 bridgehead atoms. The highest BCUT2D eigenvalue weighted by Gasteiger charge is 2.39. The summed E-state index contributed by atoms with van der Waals surface area (Å²) in [5.74, 6) is 0.228. The van der Waals surface area contributed by atoms with E-state index >= 15 is 0 Å². The number of benzene rings is 1. The topological polar surface area (TPSA) is 48.0 Å². The molecule has 1 saturated heterocycles. The number of nitrogens with zero attached hydrogens (tertiary/aromatic N) is 1. The summed E-state index contributed by atoms with van der Waals surface area (Å²) in [6, 6.07) is 9.22. The summed E-state index contributed by atoms with van der Waals surface area (Å²) in [5, 5.41) is 0. The summed E-state index contributed by atoms with van der Waals surface area (Å²) in [5.41, 5.74) is 1.64. The molecule has 1 aliphatic rings. The van der Waals surface area contributed by atoms with Crippen LogP contribution in [0.1, 0.15) is 61.9 Å². The Morgan fingerprint density at radius 1 is 0.833 bits per heavy atom. The molecule has 1 aromatic carbocycles. The number of Topliss-reactive ketones (excluding diaryl/α,β-unsaturated/α-hetero) is 1. The molecular formula is C28H53NO4Si3. The molecule has 8 heteroatoms. The lowest BCUT2D eigenvalue weighted by atomic mass is 9.89. The van der Waals surface area contributed by atoms with Gasteiger partial charge in [-0.3, -0.25) is 9.69 Å². The highest BCUT2D eigenvalue weighted by atomic mass is 28.5. The van der Waals surface area contributed by atoms with Gasteiger partial charge in [-0.25, -0.2) is 0 Å². The predicted octanol–water partition coefficient (Wildman–Crippen LogP) is 7.25. The first-order chi connectivity index (χ1) is 16.6. The highest BCUT2D eigenvalue weighted by Crippen LogP contribution is 2.26. The van der Waals surface area contributed by atoms with Crippen LogP contribution in [0.4, 0.5) is 0 Å². The van der Waals surface area contributed by atoms with Crippen molar-refractivity contribution in [2.24, 2.45) is 0 Å². The Labute approximate surface area is 224 Å². The molecule has 0 atom stereocenters. The highest BCUT2D eigenvalue weighted by molar-refractivity contribution is 6.87. The molecule has 5 nitrogen and oxygen atoms in total. The number of hydrogen-bond donors (Lipinski definition) is 0. The molecule has 0 aromatic heterocycles. The Morgan fingerprint density at radius 2 is 1.36 bits per heavy atom. The van der Waals surface area contributed by atoms with Gasteiger partial charge in [0, 0.05) is 18.8 Å². The van der Waals surface area contributed by atoms with Gasteiger partial charge in [0.15, 0.2) is 22.4 Å². The minimum absolute atomic E-state index is 0.228. The van der Waals surface area contributed by atoms with E-state index in [1.165, 1.54) is 24.8 Å². The first-order valence-corrected chi connectivity index (χ1v) is 23.3. The van der Waals surface area contributed by atoms with Crippen LogP contribution in [0.15, 0.2) is 24.3 Å². The van der Waals surface area contributed by atoms with E-state index in [2.05, 4.69) is 76.7 Å². The van der Waals surface area contributed by atoms with Crippen LogP contribution in [0.2, 0.25) is 51.9 Å². The molecular weight excluding hydrogens is 499 g/mol. The first kappa shape index (κ1) is 31.6. The van der Waals surface area contributed by atoms with Crippen LogP contribution in [0, 0.1) is 0 Å². The maximum absolute atomic E-state index is 13.2. The number of carbonyl (C=O) groups is 1. The van der Waals surface area contributed by atoms with Gasteiger partial charge in [-0.05, 0) is 116 Å². The Morgan fingerprint density at radius 3 is 1.89 bits per heavy atom. The second-order valence-electron chi connectivity index (χ2n) is 13.0. The molecule has 1 aromatic rings. The van der Waals surface area contributed by atoms with Crippen molar-refractivity contribution in [1.82, 2.24) is 4.90 Å². The fourth-order valence-electron chi connectivity index (χ4n) is 5.17. The van der Waals surface area contributed by atoms with Crippen LogP contribution in [0.25, 0.3) is 0 Å². The fraction of sp³-hybridized carbons (Fsp3) is 0.750. The number of piperidine rings is 1. The number of aryl methyl sites for hydroxylation is 1. The number of ether oxygens (including phenoxy) is 1. The summed E-state index contributed by atoms with van der Waals surface area (Å²) in [6.07, 6.45) is 6.60. The summed E-state index contributed by atoms with van der Waals surface area (Å²) < 4.78 is 19.1. The zero-order valence-corrected chi connectivity index (χ0v) is 27.7. The van der Waals surface area contributed by atoms with Crippen LogP contribution in [0.3, 0.4) is 0 Å². The Balaban J connectivity index is 1.73. The van der Waals surface area contributed by atoms with Gasteiger partial charge in [0.25, 0.3) is 0 Å². The number of likely N-dealkylation sites (tertiary alicyclic amines) is 1. The zero-order valence-electron chi connectivity index (χ0n) is 24.7. The van der Waals surface area contributed by atoms with E-state index in [0.29, 0.717) is 0 Å². The summed E-state index contributed by atoms with van der Waals surface area (Å²) in [7, 11) is -5.46. The van der Waals surface area contributed by atoms with E-state index in [4.69, 9.17) is 13.0 Å². The molecule has 1 heterocycles. The molecule has 0 unspecified atom stereocenters. The van der Waals surface area contributed by atoms with E-state index in [1.54, 1.807) is 0 Å². The van der Waals surface area contributed by atoms with Crippen LogP contribution < -0.4 is 0 Å². The molecule has 0 amide bonds. The average molecular weight is 552 g/mol. The molecule has 2 rings (SSSR count). The van der Waals surface area contributed by atoms with Crippen molar-refractivity contribution in [3.8, 4) is 0 Å². The van der Waals surface area contributed by atoms with Gasteiger partial charge >= 0.3 is 8.56 Å². The summed E-state index contributed by atoms with van der Waals surface area (Å²) >= 11 is 0. The minimum Gasteiger partial charge on any atom is -0.437 e. The summed E-state index contributed by atoms with van der Waals surface area (Å²) in [6.45, 7) is 23.4. The van der Waals surface area contributed by atoms with Crippen LogP contribution >= 0.6 is 0 Å². The van der Waals surface area contributed by atoms with Gasteiger partial charge < -0.3 is 13.0 Å². The zero-order chi connectivity index (χ0) is 27.0. The van der Waals surface area contributed by atoms with Crippen molar-refractivity contribution in [3.63, 3.8) is 0 Å². The normalized spacial score (nSPS) is 16.4. The molecule has 0 saturated carbocycles. The third-order valence-electron chi connectivity index (χ3n) is 6.64. The number of ketones is 1. The molecule has 36 heavy (non-hydrogen) atoms. The van der Waals surface area contributed by atoms with Crippen LogP contribution in [-0.4, -0.2) is 67.7 Å². The lowest BCUT2D eigenvalue weighted by molar-refractivity contribution is 0.0579. The summed E-state index contributed by atoms with van der Waals surface area (Å²) in [4.78, 5) is 15.5. The van der Waals surface area contributed by atoms with E-state index in [-0.39, 0.29) is 5.78 Å². The maximum Gasteiger partial charge on any atom is 0.314 e. The second kappa shape index (κ2) is 13.4. The number of hydrogen-bond acceptors (Lipinski definition) is 5. The number of rotatable bonds is 15. The van der Waals surface area contributed by atoms with Crippen molar-refractivity contribution in [2.45, 2.75) is 110 Å². The third kappa shape index (κ3) is 11.0. The third-order valence-corrected chi connectivity index (χ3v) is 16.3. The van der Waals surface area contributed by atoms with Crippen molar-refractivity contribution in [1.29, 1.82) is 0 Å². The van der Waals surface area contributed by atoms with Gasteiger partial charge in [-0.2, -0.15) is 0 Å². The smallest absolute Gasteiger partial charge is 0.314 e. The fourth-order valence-corrected chi connectivity index (χ4v) is 17.7. The van der Waals surface area contributed by atoms with Gasteiger partial charge in [0.2, 0.25) is 0 Å². The molecule has 0 spiro atoms. The maximum atomic E-state index is 13.2. The van der Waals surface area contributed by atoms with Crippen molar-refractivity contribution >= 4 is 31.0 Å². The van der Waals surface area contributed by atoms with Crippen molar-refractivity contribution in [2.75, 3.05) is 26.3 Å². The van der Waals surface area contributed by atoms with Crippen LogP contribution in [0.5, 0.6) is 0 Å². The van der Waals surface area contributed by atoms with Crippen molar-refractivity contribution in [3.05, 3.63) is 35.4 Å². The minimum atomic E-state index is -2.17. The van der Waals surface area contributed by atoms with Gasteiger partial charge in [0.1, 0.15) is 0 Å². The second-order valence-corrected chi connectivity index (χ2v) is 25.9. The molecule has 206 valence electrons. The van der Waals surface area contributed by atoms with Crippen molar-refractivity contribution < 1.29 is 17.8 Å². The predicted molar refractivity (Wildman–Crippen MR) is 159 cm³/mol. The molecule has 0 aliphatic carbocycles. The lowest BCUT2D eigenvalue weighted by Gasteiger charge is -2.39. The van der Waals surface area contributed by atoms with Gasteiger partial charge in [-0.1, -0.05) is 30.7 Å². The molecule has 0 N–H and O–H groups in total. The van der Waals surface area contributed by atoms with E-state index in [1.807, 2.05) is 12.1 Å². The Bertz CT molecular complexity index is 794. The van der Waals surface area contributed by atoms with E-state index in [0.717, 1.165) is 57.2 Å². The lowest BCUT2D eigenvalue weighted by Crippen LogP contribution is -2.52. The van der Waals surface area contributed by atoms with Gasteiger partial charge in [-0.15, -0.1) is 0 Å². The Hall–Kier alpha value is -0.619. The molecule has 0 radical (unpaired) electrons. The van der Waals surface area contributed by atoms with E-state index in [9.17, 15) is 4.79 Å². The van der Waals surface area contributed by atoms with Gasteiger partial charge in [0.05, 0.1) is 5.54 Å². The average Bonchev–Trinajstić information content (AvgIpc) is 2.76. The van der Waals surface area contributed by atoms with E-state index < -0.39 is 30.7 Å². The standard InChI is InChI=1S/C28H53NO4Si3/c1-28(2,29-20-11-10-12-21-29)27(30)26-18-16-25(17-19-26)15-13-22-31-23-14-24-36(9,32-34(3,4)5)33-35(6,7)8/h16-19H,10-15,20-24H2,1-9H3. The monoisotopic (exact) mass is 551 g/mol. The molecule has 1 aliphatic heterocycles. The molecule has 1 fully saturated rings. The first-order valence-electron chi connectivity index (χ1n) is 14.0. The largest absolute Gasteiger partial charge is 0.437 e. The van der Waals surface area contributed by atoms with Crippen LogP contribution in [-0.2, 0) is 19.4 Å². The SMILES string of the molecule is CC(C)(C(=O)c1ccc(CCCOCCC[Si](C)(O[Si](C)(C)C)O[Si](C)(C)C)cc1)N1CCCCC1.